The molecule has 21 heavy (non-hydrogen) atoms. The van der Waals surface area contributed by atoms with Crippen LogP contribution in [0.5, 0.6) is 0 Å². The monoisotopic (exact) mass is 286 g/mol. The van der Waals surface area contributed by atoms with Gasteiger partial charge in [0.1, 0.15) is 23.3 Å². The predicted molar refractivity (Wildman–Crippen MR) is 82.5 cm³/mol. The first-order valence-electron chi connectivity index (χ1n) is 7.40. The van der Waals surface area contributed by atoms with Crippen molar-refractivity contribution < 1.29 is 4.39 Å². The molecule has 0 atom stereocenters. The predicted octanol–water partition coefficient (Wildman–Crippen LogP) is 4.06. The third-order valence-corrected chi connectivity index (χ3v) is 3.38. The Morgan fingerprint density at radius 2 is 1.95 bits per heavy atom. The van der Waals surface area contributed by atoms with E-state index in [4.69, 9.17) is 0 Å². The Balaban J connectivity index is 1.86. The van der Waals surface area contributed by atoms with Crippen LogP contribution < -0.4 is 10.6 Å². The van der Waals surface area contributed by atoms with Crippen LogP contribution in [0, 0.1) is 5.82 Å². The van der Waals surface area contributed by atoms with Gasteiger partial charge in [-0.2, -0.15) is 0 Å². The van der Waals surface area contributed by atoms with E-state index in [1.165, 1.54) is 6.07 Å². The van der Waals surface area contributed by atoms with Crippen molar-refractivity contribution in [2.24, 2.45) is 0 Å². The lowest BCUT2D eigenvalue weighted by Gasteiger charge is -2.11. The highest BCUT2D eigenvalue weighted by atomic mass is 19.1. The summed E-state index contributed by atoms with van der Waals surface area (Å²) in [5.41, 5.74) is 0.430. The number of benzene rings is 1. The van der Waals surface area contributed by atoms with Gasteiger partial charge in [-0.1, -0.05) is 19.1 Å². The van der Waals surface area contributed by atoms with Gasteiger partial charge in [0.2, 0.25) is 0 Å². The third kappa shape index (κ3) is 3.48. The number of anilines is 3. The van der Waals surface area contributed by atoms with Crippen molar-refractivity contribution in [1.29, 1.82) is 0 Å². The highest BCUT2D eigenvalue weighted by Crippen LogP contribution is 2.39. The van der Waals surface area contributed by atoms with Crippen molar-refractivity contribution >= 4 is 17.3 Å². The lowest BCUT2D eigenvalue weighted by molar-refractivity contribution is 0.631. The Morgan fingerprint density at radius 3 is 2.67 bits per heavy atom. The molecule has 3 rings (SSSR count). The SMILES string of the molecule is CCCNc1cc(Nc2ccccc2F)nc(C2CC2)n1. The normalized spacial score (nSPS) is 14.0. The van der Waals surface area contributed by atoms with Crippen LogP contribution in [0.25, 0.3) is 0 Å². The smallest absolute Gasteiger partial charge is 0.146 e. The van der Waals surface area contributed by atoms with E-state index in [2.05, 4.69) is 27.5 Å². The van der Waals surface area contributed by atoms with Gasteiger partial charge in [0.15, 0.2) is 0 Å². The first-order valence-corrected chi connectivity index (χ1v) is 7.40. The minimum Gasteiger partial charge on any atom is -0.370 e. The largest absolute Gasteiger partial charge is 0.370 e. The zero-order valence-corrected chi connectivity index (χ0v) is 12.1. The standard InChI is InChI=1S/C16H19FN4/c1-2-9-18-14-10-15(21-16(20-14)11-7-8-11)19-13-6-4-3-5-12(13)17/h3-6,10-11H,2,7-9H2,1H3,(H2,18,19,20,21). The Labute approximate surface area is 123 Å². The fourth-order valence-corrected chi connectivity index (χ4v) is 2.10. The second-order valence-electron chi connectivity index (χ2n) is 5.30. The lowest BCUT2D eigenvalue weighted by atomic mass is 10.3. The summed E-state index contributed by atoms with van der Waals surface area (Å²) in [7, 11) is 0. The van der Waals surface area contributed by atoms with Crippen molar-refractivity contribution in [1.82, 2.24) is 9.97 Å². The first-order chi connectivity index (χ1) is 10.3. The van der Waals surface area contributed by atoms with Crippen molar-refractivity contribution in [3.63, 3.8) is 0 Å². The molecule has 4 nitrogen and oxygen atoms in total. The molecule has 1 aromatic carbocycles. The van der Waals surface area contributed by atoms with Crippen molar-refractivity contribution in [3.05, 3.63) is 42.0 Å². The zero-order chi connectivity index (χ0) is 14.7. The molecule has 0 aliphatic heterocycles. The molecule has 1 aliphatic rings. The number of hydrogen-bond donors (Lipinski definition) is 2. The minimum absolute atomic E-state index is 0.285. The fourth-order valence-electron chi connectivity index (χ4n) is 2.10. The second kappa shape index (κ2) is 6.08. The average molecular weight is 286 g/mol. The van der Waals surface area contributed by atoms with Gasteiger partial charge >= 0.3 is 0 Å². The topological polar surface area (TPSA) is 49.8 Å². The molecule has 0 spiro atoms. The number of nitrogens with zero attached hydrogens (tertiary/aromatic N) is 2. The van der Waals surface area contributed by atoms with Crippen LogP contribution >= 0.6 is 0 Å². The number of halogens is 1. The van der Waals surface area contributed by atoms with Crippen LogP contribution in [0.3, 0.4) is 0 Å². The Kier molecular flexibility index (Phi) is 3.99. The summed E-state index contributed by atoms with van der Waals surface area (Å²) >= 11 is 0. The summed E-state index contributed by atoms with van der Waals surface area (Å²) in [6, 6.07) is 8.43. The van der Waals surface area contributed by atoms with Crippen LogP contribution in [0.4, 0.5) is 21.7 Å². The van der Waals surface area contributed by atoms with Crippen LogP contribution in [0.2, 0.25) is 0 Å². The van der Waals surface area contributed by atoms with Crippen molar-refractivity contribution in [3.8, 4) is 0 Å². The molecule has 110 valence electrons. The molecule has 0 amide bonds. The molecule has 1 heterocycles. The fraction of sp³-hybridized carbons (Fsp3) is 0.375. The summed E-state index contributed by atoms with van der Waals surface area (Å²) in [6.45, 7) is 2.97. The highest BCUT2D eigenvalue weighted by Gasteiger charge is 2.27. The summed E-state index contributed by atoms with van der Waals surface area (Å²) in [5.74, 6) is 2.44. The zero-order valence-electron chi connectivity index (χ0n) is 12.1. The lowest BCUT2D eigenvalue weighted by Crippen LogP contribution is -2.07. The maximum Gasteiger partial charge on any atom is 0.146 e. The molecule has 0 radical (unpaired) electrons. The van der Waals surface area contributed by atoms with Crippen molar-refractivity contribution in [2.75, 3.05) is 17.2 Å². The second-order valence-corrected chi connectivity index (χ2v) is 5.30. The first kappa shape index (κ1) is 13.8. The number of aromatic nitrogens is 2. The number of para-hydroxylation sites is 1. The van der Waals surface area contributed by atoms with E-state index in [-0.39, 0.29) is 5.82 Å². The summed E-state index contributed by atoms with van der Waals surface area (Å²) in [5, 5.41) is 6.32. The Hall–Kier alpha value is -2.17. The van der Waals surface area contributed by atoms with E-state index < -0.39 is 0 Å². The Morgan fingerprint density at radius 1 is 1.19 bits per heavy atom. The van der Waals surface area contributed by atoms with Gasteiger partial charge in [-0.05, 0) is 31.4 Å². The van der Waals surface area contributed by atoms with E-state index in [9.17, 15) is 4.39 Å². The molecule has 1 aromatic heterocycles. The van der Waals surface area contributed by atoms with Gasteiger partial charge in [-0.25, -0.2) is 14.4 Å². The average Bonchev–Trinajstić information content (AvgIpc) is 3.32. The molecular weight excluding hydrogens is 267 g/mol. The molecule has 0 bridgehead atoms. The van der Waals surface area contributed by atoms with Crippen LogP contribution in [0.1, 0.15) is 37.9 Å². The summed E-state index contributed by atoms with van der Waals surface area (Å²) in [4.78, 5) is 9.05. The summed E-state index contributed by atoms with van der Waals surface area (Å²) in [6.07, 6.45) is 3.30. The van der Waals surface area contributed by atoms with Gasteiger partial charge < -0.3 is 10.6 Å². The van der Waals surface area contributed by atoms with Gasteiger partial charge in [-0.15, -0.1) is 0 Å². The van der Waals surface area contributed by atoms with Gasteiger partial charge in [0.25, 0.3) is 0 Å². The van der Waals surface area contributed by atoms with E-state index >= 15 is 0 Å². The van der Waals surface area contributed by atoms with Gasteiger partial charge in [0.05, 0.1) is 5.69 Å². The molecule has 2 N–H and O–H groups in total. The highest BCUT2D eigenvalue weighted by molar-refractivity contribution is 5.59. The third-order valence-electron chi connectivity index (χ3n) is 3.38. The summed E-state index contributed by atoms with van der Waals surface area (Å²) < 4.78 is 13.7. The molecule has 1 fully saturated rings. The van der Waals surface area contributed by atoms with E-state index in [1.807, 2.05) is 6.07 Å². The molecule has 1 saturated carbocycles. The molecular formula is C16H19FN4. The Bertz CT molecular complexity index is 625. The van der Waals surface area contributed by atoms with Crippen LogP contribution in [0.15, 0.2) is 30.3 Å². The molecule has 0 unspecified atom stereocenters. The van der Waals surface area contributed by atoms with E-state index in [0.29, 0.717) is 17.4 Å². The number of hydrogen-bond acceptors (Lipinski definition) is 4. The molecule has 0 saturated heterocycles. The number of nitrogens with one attached hydrogen (secondary N) is 2. The maximum absolute atomic E-state index is 13.7. The van der Waals surface area contributed by atoms with Gasteiger partial charge in [-0.3, -0.25) is 0 Å². The quantitative estimate of drug-likeness (QED) is 0.841. The van der Waals surface area contributed by atoms with Crippen LogP contribution in [-0.2, 0) is 0 Å². The van der Waals surface area contributed by atoms with Crippen LogP contribution in [-0.4, -0.2) is 16.5 Å². The van der Waals surface area contributed by atoms with E-state index in [0.717, 1.165) is 37.4 Å². The molecule has 1 aliphatic carbocycles. The minimum atomic E-state index is -0.285. The number of rotatable bonds is 6. The van der Waals surface area contributed by atoms with E-state index in [1.54, 1.807) is 18.2 Å². The van der Waals surface area contributed by atoms with Gasteiger partial charge in [0, 0.05) is 18.5 Å². The molecule has 2 aromatic rings. The maximum atomic E-state index is 13.7. The van der Waals surface area contributed by atoms with Crippen molar-refractivity contribution in [2.45, 2.75) is 32.1 Å². The molecule has 5 heteroatoms.